The van der Waals surface area contributed by atoms with E-state index in [1.54, 1.807) is 36.9 Å². The van der Waals surface area contributed by atoms with Gasteiger partial charge in [-0.3, -0.25) is 4.79 Å². The molecule has 1 unspecified atom stereocenters. The number of benzene rings is 2. The lowest BCUT2D eigenvalue weighted by Gasteiger charge is -2.38. The number of fused-ring (bicyclic) bond motifs is 1. The fourth-order valence-electron chi connectivity index (χ4n) is 4.41. The third kappa shape index (κ3) is 4.17. The third-order valence-electron chi connectivity index (χ3n) is 5.94. The van der Waals surface area contributed by atoms with Gasteiger partial charge in [-0.15, -0.1) is 0 Å². The van der Waals surface area contributed by atoms with Crippen LogP contribution in [-0.2, 0) is 12.6 Å². The van der Waals surface area contributed by atoms with Gasteiger partial charge in [0.05, 0.1) is 31.4 Å². The molecule has 33 heavy (non-hydrogen) atoms. The number of nitrogens with zero attached hydrogens (tertiary/aromatic N) is 1. The van der Waals surface area contributed by atoms with E-state index in [2.05, 4.69) is 0 Å². The smallest absolute Gasteiger partial charge is 0.416 e. The molecule has 0 aliphatic carbocycles. The van der Waals surface area contributed by atoms with Gasteiger partial charge >= 0.3 is 6.18 Å². The van der Waals surface area contributed by atoms with Crippen molar-refractivity contribution in [1.82, 2.24) is 4.90 Å². The van der Waals surface area contributed by atoms with Crippen LogP contribution in [0.15, 0.2) is 46.9 Å². The van der Waals surface area contributed by atoms with Crippen molar-refractivity contribution in [1.29, 1.82) is 0 Å². The molecule has 2 aromatic carbocycles. The van der Waals surface area contributed by atoms with Crippen LogP contribution in [0.25, 0.3) is 0 Å². The van der Waals surface area contributed by atoms with Crippen LogP contribution in [0.1, 0.15) is 50.2 Å². The van der Waals surface area contributed by atoms with Gasteiger partial charge in [-0.1, -0.05) is 12.1 Å². The van der Waals surface area contributed by atoms with Gasteiger partial charge in [0.2, 0.25) is 0 Å². The maximum atomic E-state index is 13.6. The quantitative estimate of drug-likeness (QED) is 0.501. The summed E-state index contributed by atoms with van der Waals surface area (Å²) >= 11 is 0. The van der Waals surface area contributed by atoms with E-state index in [0.29, 0.717) is 52.7 Å². The summed E-state index contributed by atoms with van der Waals surface area (Å²) in [4.78, 5) is 15.2. The standard InChI is InChI=1S/C25H24F3NO4/c1-14-10-19(15(2)33-14)24(30)29-9-8-16-12-21(31-3)22(32-4)13-20(16)23(29)17-6-5-7-18(11-17)25(26,27)28/h5-7,10-13,23H,8-9H2,1-4H3. The molecule has 3 aromatic rings. The van der Waals surface area contributed by atoms with E-state index < -0.39 is 17.8 Å². The molecule has 1 amide bonds. The molecule has 0 fully saturated rings. The second kappa shape index (κ2) is 8.50. The Labute approximate surface area is 189 Å². The van der Waals surface area contributed by atoms with Crippen LogP contribution in [0.3, 0.4) is 0 Å². The fourth-order valence-corrected chi connectivity index (χ4v) is 4.41. The molecule has 0 saturated carbocycles. The van der Waals surface area contributed by atoms with Gasteiger partial charge in [0, 0.05) is 6.54 Å². The van der Waals surface area contributed by atoms with E-state index in [4.69, 9.17) is 13.9 Å². The van der Waals surface area contributed by atoms with Crippen molar-refractivity contribution < 1.29 is 31.9 Å². The number of alkyl halides is 3. The normalized spacial score (nSPS) is 15.8. The van der Waals surface area contributed by atoms with Crippen LogP contribution in [0.2, 0.25) is 0 Å². The summed E-state index contributed by atoms with van der Waals surface area (Å²) in [7, 11) is 3.02. The number of furan rings is 1. The summed E-state index contributed by atoms with van der Waals surface area (Å²) in [5.41, 5.74) is 1.58. The Kier molecular flexibility index (Phi) is 5.86. The largest absolute Gasteiger partial charge is 0.493 e. The monoisotopic (exact) mass is 459 g/mol. The minimum atomic E-state index is -4.50. The summed E-state index contributed by atoms with van der Waals surface area (Å²) in [5, 5.41) is 0. The van der Waals surface area contributed by atoms with Crippen LogP contribution in [0.4, 0.5) is 13.2 Å². The summed E-state index contributed by atoms with van der Waals surface area (Å²) in [6, 6.07) is 9.59. The molecule has 0 radical (unpaired) electrons. The molecule has 1 atom stereocenters. The van der Waals surface area contributed by atoms with Gasteiger partial charge < -0.3 is 18.8 Å². The second-order valence-corrected chi connectivity index (χ2v) is 8.01. The van der Waals surface area contributed by atoms with E-state index in [9.17, 15) is 18.0 Å². The lowest BCUT2D eigenvalue weighted by atomic mass is 9.86. The van der Waals surface area contributed by atoms with E-state index in [1.807, 2.05) is 6.07 Å². The molecule has 1 aliphatic heterocycles. The Bertz CT molecular complexity index is 1200. The van der Waals surface area contributed by atoms with Gasteiger partial charge in [0.15, 0.2) is 11.5 Å². The van der Waals surface area contributed by atoms with Crippen molar-refractivity contribution in [2.24, 2.45) is 0 Å². The zero-order chi connectivity index (χ0) is 23.9. The first-order valence-electron chi connectivity index (χ1n) is 10.4. The molecule has 1 aromatic heterocycles. The predicted octanol–water partition coefficient (Wildman–Crippen LogP) is 5.72. The number of halogens is 3. The number of rotatable bonds is 4. The average molecular weight is 459 g/mol. The van der Waals surface area contributed by atoms with Crippen molar-refractivity contribution in [2.45, 2.75) is 32.5 Å². The van der Waals surface area contributed by atoms with Gasteiger partial charge in [-0.25, -0.2) is 0 Å². The number of carbonyl (C=O) groups excluding carboxylic acids is 1. The summed E-state index contributed by atoms with van der Waals surface area (Å²) < 4.78 is 56.9. The number of amides is 1. The zero-order valence-corrected chi connectivity index (χ0v) is 18.7. The maximum Gasteiger partial charge on any atom is 0.416 e. The highest BCUT2D eigenvalue weighted by Gasteiger charge is 2.37. The molecule has 0 bridgehead atoms. The predicted molar refractivity (Wildman–Crippen MR) is 116 cm³/mol. The summed E-state index contributed by atoms with van der Waals surface area (Å²) in [5.74, 6) is 1.74. The molecule has 8 heteroatoms. The molecular weight excluding hydrogens is 435 g/mol. The molecule has 0 spiro atoms. The lowest BCUT2D eigenvalue weighted by Crippen LogP contribution is -2.40. The number of aryl methyl sites for hydroxylation is 2. The van der Waals surface area contributed by atoms with Crippen LogP contribution >= 0.6 is 0 Å². The van der Waals surface area contributed by atoms with Crippen LogP contribution < -0.4 is 9.47 Å². The average Bonchev–Trinajstić information content (AvgIpc) is 3.14. The molecule has 0 N–H and O–H groups in total. The Morgan fingerprint density at radius 2 is 1.76 bits per heavy atom. The van der Waals surface area contributed by atoms with Crippen molar-refractivity contribution in [3.8, 4) is 11.5 Å². The number of ether oxygens (including phenoxy) is 2. The lowest BCUT2D eigenvalue weighted by molar-refractivity contribution is -0.137. The highest BCUT2D eigenvalue weighted by atomic mass is 19.4. The Hall–Kier alpha value is -3.42. The molecule has 4 rings (SSSR count). The van der Waals surface area contributed by atoms with E-state index >= 15 is 0 Å². The number of carbonyl (C=O) groups is 1. The minimum Gasteiger partial charge on any atom is -0.493 e. The molecule has 1 aliphatic rings. The first-order valence-corrected chi connectivity index (χ1v) is 10.4. The minimum absolute atomic E-state index is 0.299. The Balaban J connectivity index is 1.90. The van der Waals surface area contributed by atoms with Gasteiger partial charge in [-0.05, 0) is 67.3 Å². The van der Waals surface area contributed by atoms with Crippen molar-refractivity contribution in [3.63, 3.8) is 0 Å². The van der Waals surface area contributed by atoms with Gasteiger partial charge in [-0.2, -0.15) is 13.2 Å². The van der Waals surface area contributed by atoms with Crippen LogP contribution in [0.5, 0.6) is 11.5 Å². The topological polar surface area (TPSA) is 51.9 Å². The van der Waals surface area contributed by atoms with E-state index in [0.717, 1.165) is 17.7 Å². The van der Waals surface area contributed by atoms with Crippen LogP contribution in [-0.4, -0.2) is 31.6 Å². The first-order chi connectivity index (χ1) is 15.6. The van der Waals surface area contributed by atoms with Crippen molar-refractivity contribution in [3.05, 3.63) is 81.8 Å². The molecule has 2 heterocycles. The number of hydrogen-bond donors (Lipinski definition) is 0. The molecule has 5 nitrogen and oxygen atoms in total. The summed E-state index contributed by atoms with van der Waals surface area (Å²) in [6.07, 6.45) is -3.98. The highest BCUT2D eigenvalue weighted by Crippen LogP contribution is 2.43. The van der Waals surface area contributed by atoms with Crippen molar-refractivity contribution >= 4 is 5.91 Å². The zero-order valence-electron chi connectivity index (χ0n) is 18.7. The SMILES string of the molecule is COc1cc2c(cc1OC)C(c1cccc(C(F)(F)F)c1)N(C(=O)c1cc(C)oc1C)CC2. The summed E-state index contributed by atoms with van der Waals surface area (Å²) in [6.45, 7) is 3.77. The van der Waals surface area contributed by atoms with Gasteiger partial charge in [0.25, 0.3) is 5.91 Å². The third-order valence-corrected chi connectivity index (χ3v) is 5.94. The molecule has 174 valence electrons. The van der Waals surface area contributed by atoms with Crippen LogP contribution in [0, 0.1) is 13.8 Å². The fraction of sp³-hybridized carbons (Fsp3) is 0.320. The maximum absolute atomic E-state index is 13.6. The van der Waals surface area contributed by atoms with Crippen molar-refractivity contribution in [2.75, 3.05) is 20.8 Å². The van der Waals surface area contributed by atoms with E-state index in [-0.39, 0.29) is 5.91 Å². The van der Waals surface area contributed by atoms with E-state index in [1.165, 1.54) is 20.3 Å². The Morgan fingerprint density at radius 1 is 1.06 bits per heavy atom. The second-order valence-electron chi connectivity index (χ2n) is 8.01. The first kappa shape index (κ1) is 22.8. The highest BCUT2D eigenvalue weighted by molar-refractivity contribution is 5.96. The number of methoxy groups -OCH3 is 2. The Morgan fingerprint density at radius 3 is 2.36 bits per heavy atom. The number of hydrogen-bond acceptors (Lipinski definition) is 4. The molecule has 0 saturated heterocycles. The van der Waals surface area contributed by atoms with Gasteiger partial charge in [0.1, 0.15) is 11.5 Å². The molecular formula is C25H24F3NO4.